The molecule has 8 heteroatoms. The maximum atomic E-state index is 12.9. The molecule has 0 bridgehead atoms. The summed E-state index contributed by atoms with van der Waals surface area (Å²) in [5, 5.41) is 8.25. The van der Waals surface area contributed by atoms with Crippen LogP contribution in [-0.2, 0) is 23.1 Å². The highest BCUT2D eigenvalue weighted by molar-refractivity contribution is 7.92. The van der Waals surface area contributed by atoms with Gasteiger partial charge in [-0.2, -0.15) is 10.2 Å². The second-order valence-electron chi connectivity index (χ2n) is 5.52. The van der Waals surface area contributed by atoms with Gasteiger partial charge in [-0.05, 0) is 19.8 Å². The minimum Gasteiger partial charge on any atom is -0.272 e. The van der Waals surface area contributed by atoms with E-state index in [-0.39, 0.29) is 10.8 Å². The summed E-state index contributed by atoms with van der Waals surface area (Å²) < 4.78 is 30.6. The molecule has 2 rings (SSSR count). The Morgan fingerprint density at radius 2 is 1.68 bits per heavy atom. The number of sulfonamides is 1. The van der Waals surface area contributed by atoms with E-state index in [0.717, 1.165) is 0 Å². The van der Waals surface area contributed by atoms with E-state index in [4.69, 9.17) is 0 Å². The largest absolute Gasteiger partial charge is 0.272 e. The molecule has 2 aromatic rings. The van der Waals surface area contributed by atoms with Crippen molar-refractivity contribution >= 4 is 15.7 Å². The second-order valence-corrected chi connectivity index (χ2v) is 7.38. The normalized spacial score (nSPS) is 12.0. The zero-order valence-electron chi connectivity index (χ0n) is 13.5. The molecule has 122 valence electrons. The summed E-state index contributed by atoms with van der Waals surface area (Å²) in [6, 6.07) is 0. The van der Waals surface area contributed by atoms with Crippen LogP contribution in [0.25, 0.3) is 0 Å². The molecule has 2 heterocycles. The number of aromatic nitrogens is 4. The topological polar surface area (TPSA) is 73.0 Å². The summed E-state index contributed by atoms with van der Waals surface area (Å²) in [5.41, 5.74) is 0.583. The van der Waals surface area contributed by atoms with E-state index < -0.39 is 10.0 Å². The van der Waals surface area contributed by atoms with Gasteiger partial charge in [-0.1, -0.05) is 13.8 Å². The van der Waals surface area contributed by atoms with Gasteiger partial charge in [0.25, 0.3) is 10.0 Å². The summed E-state index contributed by atoms with van der Waals surface area (Å²) in [6.45, 7) is 9.58. The van der Waals surface area contributed by atoms with E-state index in [0.29, 0.717) is 25.3 Å². The first kappa shape index (κ1) is 16.5. The fourth-order valence-corrected chi connectivity index (χ4v) is 3.66. The van der Waals surface area contributed by atoms with Crippen LogP contribution in [0.4, 0.5) is 5.69 Å². The molecular weight excluding hydrogens is 302 g/mol. The number of hydrogen-bond acceptors (Lipinski definition) is 4. The molecule has 0 unspecified atom stereocenters. The van der Waals surface area contributed by atoms with Gasteiger partial charge >= 0.3 is 0 Å². The zero-order valence-corrected chi connectivity index (χ0v) is 14.3. The maximum absolute atomic E-state index is 12.9. The zero-order chi connectivity index (χ0) is 16.3. The van der Waals surface area contributed by atoms with Crippen LogP contribution in [0, 0.1) is 5.92 Å². The molecule has 0 N–H and O–H groups in total. The fourth-order valence-electron chi connectivity index (χ4n) is 2.11. The summed E-state index contributed by atoms with van der Waals surface area (Å²) in [6.07, 6.45) is 6.31. The van der Waals surface area contributed by atoms with E-state index in [1.165, 1.54) is 10.5 Å². The van der Waals surface area contributed by atoms with Gasteiger partial charge in [0, 0.05) is 32.0 Å². The monoisotopic (exact) mass is 325 g/mol. The minimum absolute atomic E-state index is 0.195. The molecule has 0 aromatic carbocycles. The Labute approximate surface area is 131 Å². The summed E-state index contributed by atoms with van der Waals surface area (Å²) in [5.74, 6) is 0.195. The lowest BCUT2D eigenvalue weighted by Crippen LogP contribution is -2.34. The molecule has 0 amide bonds. The van der Waals surface area contributed by atoms with E-state index in [2.05, 4.69) is 10.2 Å². The third-order valence-corrected chi connectivity index (χ3v) is 5.03. The van der Waals surface area contributed by atoms with Crippen molar-refractivity contribution in [1.29, 1.82) is 0 Å². The van der Waals surface area contributed by atoms with Gasteiger partial charge in [0.2, 0.25) is 0 Å². The van der Waals surface area contributed by atoms with Gasteiger partial charge in [-0.25, -0.2) is 8.42 Å². The van der Waals surface area contributed by atoms with Crippen LogP contribution in [0.3, 0.4) is 0 Å². The SMILES string of the molecule is CCn1cc(N(CC(C)C)S(=O)(=O)c2cnn(CC)c2)cn1. The van der Waals surface area contributed by atoms with E-state index in [1.807, 2.05) is 27.7 Å². The van der Waals surface area contributed by atoms with Gasteiger partial charge in [0.05, 0.1) is 18.1 Å². The lowest BCUT2D eigenvalue weighted by molar-refractivity contribution is 0.577. The highest BCUT2D eigenvalue weighted by Gasteiger charge is 2.28. The number of aryl methyl sites for hydroxylation is 2. The Morgan fingerprint density at radius 1 is 1.09 bits per heavy atom. The lowest BCUT2D eigenvalue weighted by atomic mass is 10.2. The van der Waals surface area contributed by atoms with Gasteiger partial charge in [-0.3, -0.25) is 13.7 Å². The molecule has 0 radical (unpaired) electrons. The lowest BCUT2D eigenvalue weighted by Gasteiger charge is -2.23. The highest BCUT2D eigenvalue weighted by Crippen LogP contribution is 2.24. The molecule has 7 nitrogen and oxygen atoms in total. The highest BCUT2D eigenvalue weighted by atomic mass is 32.2. The molecule has 0 atom stereocenters. The molecule has 0 aliphatic rings. The molecule has 2 aromatic heterocycles. The summed E-state index contributed by atoms with van der Waals surface area (Å²) in [7, 11) is -3.64. The second kappa shape index (κ2) is 6.51. The van der Waals surface area contributed by atoms with Crippen LogP contribution >= 0.6 is 0 Å². The Balaban J connectivity index is 2.43. The van der Waals surface area contributed by atoms with E-state index >= 15 is 0 Å². The van der Waals surface area contributed by atoms with Crippen LogP contribution in [0.5, 0.6) is 0 Å². The first-order valence-corrected chi connectivity index (χ1v) is 8.90. The van der Waals surface area contributed by atoms with Crippen LogP contribution in [0.2, 0.25) is 0 Å². The standard InChI is InChI=1S/C14H23N5O2S/c1-5-17-10-13(7-15-17)19(9-12(3)4)22(20,21)14-8-16-18(6-2)11-14/h7-8,10-12H,5-6,9H2,1-4H3. The van der Waals surface area contributed by atoms with Crippen LogP contribution in [0.15, 0.2) is 29.7 Å². The van der Waals surface area contributed by atoms with Crippen molar-refractivity contribution < 1.29 is 8.42 Å². The van der Waals surface area contributed by atoms with Crippen molar-refractivity contribution in [1.82, 2.24) is 19.6 Å². The van der Waals surface area contributed by atoms with Gasteiger partial charge in [0.1, 0.15) is 4.90 Å². The first-order valence-electron chi connectivity index (χ1n) is 7.46. The number of rotatable bonds is 7. The third kappa shape index (κ3) is 3.32. The predicted octanol–water partition coefficient (Wildman–Crippen LogP) is 1.97. The van der Waals surface area contributed by atoms with Crippen molar-refractivity contribution in [3.8, 4) is 0 Å². The van der Waals surface area contributed by atoms with Gasteiger partial charge < -0.3 is 0 Å². The molecule has 0 aliphatic heterocycles. The van der Waals surface area contributed by atoms with Gasteiger partial charge in [-0.15, -0.1) is 0 Å². The number of anilines is 1. The van der Waals surface area contributed by atoms with Crippen molar-refractivity contribution in [3.05, 3.63) is 24.8 Å². The van der Waals surface area contributed by atoms with Crippen molar-refractivity contribution in [2.24, 2.45) is 5.92 Å². The maximum Gasteiger partial charge on any atom is 0.267 e. The van der Waals surface area contributed by atoms with Crippen LogP contribution in [0.1, 0.15) is 27.7 Å². The molecule has 0 saturated carbocycles. The van der Waals surface area contributed by atoms with Crippen molar-refractivity contribution in [2.45, 2.75) is 45.7 Å². The Kier molecular flexibility index (Phi) is 4.90. The fraction of sp³-hybridized carbons (Fsp3) is 0.571. The quantitative estimate of drug-likeness (QED) is 0.780. The van der Waals surface area contributed by atoms with Crippen molar-refractivity contribution in [2.75, 3.05) is 10.8 Å². The van der Waals surface area contributed by atoms with Crippen LogP contribution < -0.4 is 4.31 Å². The minimum atomic E-state index is -3.64. The molecular formula is C14H23N5O2S. The molecule has 22 heavy (non-hydrogen) atoms. The molecule has 0 spiro atoms. The number of hydrogen-bond donors (Lipinski definition) is 0. The van der Waals surface area contributed by atoms with Crippen molar-refractivity contribution in [3.63, 3.8) is 0 Å². The smallest absolute Gasteiger partial charge is 0.267 e. The van der Waals surface area contributed by atoms with E-state index in [9.17, 15) is 8.42 Å². The predicted molar refractivity (Wildman–Crippen MR) is 85.2 cm³/mol. The average molecular weight is 325 g/mol. The van der Waals surface area contributed by atoms with E-state index in [1.54, 1.807) is 28.0 Å². The Bertz CT molecular complexity index is 717. The first-order chi connectivity index (χ1) is 10.4. The molecule has 0 fully saturated rings. The molecule has 0 saturated heterocycles. The Hall–Kier alpha value is -1.83. The summed E-state index contributed by atoms with van der Waals surface area (Å²) in [4.78, 5) is 0.208. The Morgan fingerprint density at radius 3 is 2.18 bits per heavy atom. The summed E-state index contributed by atoms with van der Waals surface area (Å²) >= 11 is 0. The third-order valence-electron chi connectivity index (χ3n) is 3.28. The molecule has 0 aliphatic carbocycles. The van der Waals surface area contributed by atoms with Crippen LogP contribution in [-0.4, -0.2) is 34.5 Å². The van der Waals surface area contributed by atoms with Gasteiger partial charge in [0.15, 0.2) is 0 Å². The number of nitrogens with zero attached hydrogens (tertiary/aromatic N) is 5. The average Bonchev–Trinajstić information content (AvgIpc) is 3.13.